The van der Waals surface area contributed by atoms with E-state index in [4.69, 9.17) is 4.74 Å². The van der Waals surface area contributed by atoms with Gasteiger partial charge in [-0.1, -0.05) is 84.4 Å². The van der Waals surface area contributed by atoms with Gasteiger partial charge in [-0.3, -0.25) is 4.79 Å². The van der Waals surface area contributed by atoms with Gasteiger partial charge in [0.1, 0.15) is 6.04 Å². The van der Waals surface area contributed by atoms with Crippen molar-refractivity contribution < 1.29 is 17.9 Å². The number of ether oxygens (including phenoxy) is 1. The second-order valence-electron chi connectivity index (χ2n) is 9.23. The Labute approximate surface area is 218 Å². The van der Waals surface area contributed by atoms with E-state index >= 15 is 0 Å². The predicted octanol–water partition coefficient (Wildman–Crippen LogP) is 6.01. The van der Waals surface area contributed by atoms with Gasteiger partial charge >= 0.3 is 5.97 Å². The molecule has 0 saturated carbocycles. The molecule has 0 fully saturated rings. The topological polar surface area (TPSA) is 63.7 Å². The molecule has 0 spiro atoms. The fourth-order valence-corrected chi connectivity index (χ4v) is 6.42. The van der Waals surface area contributed by atoms with Gasteiger partial charge in [0.05, 0.1) is 11.5 Å². The number of aryl methyl sites for hydroxylation is 1. The molecule has 0 bridgehead atoms. The highest BCUT2D eigenvalue weighted by Gasteiger charge is 2.41. The molecule has 0 amide bonds. The summed E-state index contributed by atoms with van der Waals surface area (Å²) in [5.74, 6) is -0.530. The second kappa shape index (κ2) is 10.3. The van der Waals surface area contributed by atoms with Crippen molar-refractivity contribution in [2.24, 2.45) is 0 Å². The van der Waals surface area contributed by atoms with Crippen molar-refractivity contribution in [1.82, 2.24) is 4.31 Å². The van der Waals surface area contributed by atoms with E-state index in [-0.39, 0.29) is 24.5 Å². The summed E-state index contributed by atoms with van der Waals surface area (Å²) in [5, 5.41) is 0. The van der Waals surface area contributed by atoms with Crippen LogP contribution in [0.2, 0.25) is 0 Å². The Morgan fingerprint density at radius 2 is 1.38 bits per heavy atom. The van der Waals surface area contributed by atoms with Gasteiger partial charge in [0.25, 0.3) is 0 Å². The number of sulfonamides is 1. The normalized spacial score (nSPS) is 15.7. The Kier molecular flexibility index (Phi) is 6.96. The molecule has 5 nitrogen and oxygen atoms in total. The minimum Gasteiger partial charge on any atom is -0.465 e. The van der Waals surface area contributed by atoms with Crippen LogP contribution >= 0.6 is 0 Å². The summed E-state index contributed by atoms with van der Waals surface area (Å²) in [6.45, 7) is 3.91. The molecule has 1 atom stereocenters. The minimum absolute atomic E-state index is 0.0872. The second-order valence-corrected chi connectivity index (χ2v) is 11.1. The lowest BCUT2D eigenvalue weighted by Crippen LogP contribution is -2.49. The molecule has 1 aliphatic heterocycles. The SMILES string of the molecule is CCOC(=O)C1Cc2cc(-c3ccccc3)c(-c3ccccc3)cc2CN1S(=O)(=O)c1ccc(C)cc1. The Morgan fingerprint density at radius 1 is 0.838 bits per heavy atom. The zero-order valence-electron chi connectivity index (χ0n) is 20.9. The van der Waals surface area contributed by atoms with Gasteiger partial charge in [-0.2, -0.15) is 4.31 Å². The molecule has 4 aromatic carbocycles. The van der Waals surface area contributed by atoms with Crippen LogP contribution in [0.1, 0.15) is 23.6 Å². The van der Waals surface area contributed by atoms with Crippen LogP contribution < -0.4 is 0 Å². The molecule has 6 heteroatoms. The molecule has 0 aliphatic carbocycles. The van der Waals surface area contributed by atoms with Gasteiger partial charge in [0.15, 0.2) is 0 Å². The Hall–Kier alpha value is -3.74. The first-order chi connectivity index (χ1) is 17.9. The smallest absolute Gasteiger partial charge is 0.324 e. The van der Waals surface area contributed by atoms with Crippen molar-refractivity contribution in [2.45, 2.75) is 37.8 Å². The third-order valence-electron chi connectivity index (χ3n) is 6.78. The molecule has 0 saturated heterocycles. The van der Waals surface area contributed by atoms with Crippen LogP contribution in [0, 0.1) is 6.92 Å². The van der Waals surface area contributed by atoms with Gasteiger partial charge in [0, 0.05) is 13.0 Å². The summed E-state index contributed by atoms with van der Waals surface area (Å²) in [5.41, 5.74) is 6.97. The van der Waals surface area contributed by atoms with Crippen LogP contribution in [0.5, 0.6) is 0 Å². The average molecular weight is 512 g/mol. The summed E-state index contributed by atoms with van der Waals surface area (Å²) in [6.07, 6.45) is 0.244. The van der Waals surface area contributed by atoms with Crippen molar-refractivity contribution in [3.05, 3.63) is 114 Å². The molecule has 4 aromatic rings. The number of rotatable bonds is 6. The number of hydrogen-bond donors (Lipinski definition) is 0. The lowest BCUT2D eigenvalue weighted by Gasteiger charge is -2.35. The van der Waals surface area contributed by atoms with Crippen LogP contribution in [-0.4, -0.2) is 31.3 Å². The monoisotopic (exact) mass is 511 g/mol. The fourth-order valence-electron chi connectivity index (χ4n) is 4.87. The molecule has 0 N–H and O–H groups in total. The molecular weight excluding hydrogens is 482 g/mol. The minimum atomic E-state index is -3.94. The highest BCUT2D eigenvalue weighted by Crippen LogP contribution is 2.38. The van der Waals surface area contributed by atoms with E-state index in [1.165, 1.54) is 4.31 Å². The molecule has 1 aliphatic rings. The highest BCUT2D eigenvalue weighted by molar-refractivity contribution is 7.89. The number of nitrogens with zero attached hydrogens (tertiary/aromatic N) is 1. The summed E-state index contributed by atoms with van der Waals surface area (Å²) >= 11 is 0. The number of benzene rings is 4. The van der Waals surface area contributed by atoms with Gasteiger partial charge in [0.2, 0.25) is 10.0 Å². The molecular formula is C31H29NO4S. The van der Waals surface area contributed by atoms with Crippen molar-refractivity contribution in [3.8, 4) is 22.3 Å². The summed E-state index contributed by atoms with van der Waals surface area (Å²) in [6, 6.07) is 30.1. The first kappa shape index (κ1) is 24.9. The zero-order chi connectivity index (χ0) is 26.0. The molecule has 0 radical (unpaired) electrons. The molecule has 1 heterocycles. The van der Waals surface area contributed by atoms with E-state index in [0.717, 1.165) is 38.9 Å². The maximum Gasteiger partial charge on any atom is 0.324 e. The Bertz CT molecular complexity index is 1520. The zero-order valence-corrected chi connectivity index (χ0v) is 21.7. The third kappa shape index (κ3) is 4.95. The number of carbonyl (C=O) groups excluding carboxylic acids is 1. The third-order valence-corrected chi connectivity index (χ3v) is 8.65. The molecule has 0 aromatic heterocycles. The number of carbonyl (C=O) groups is 1. The lowest BCUT2D eigenvalue weighted by molar-refractivity contribution is -0.148. The maximum atomic E-state index is 13.8. The molecule has 37 heavy (non-hydrogen) atoms. The highest BCUT2D eigenvalue weighted by atomic mass is 32.2. The largest absolute Gasteiger partial charge is 0.465 e. The van der Waals surface area contributed by atoms with E-state index in [1.54, 1.807) is 31.2 Å². The molecule has 188 valence electrons. The summed E-state index contributed by atoms with van der Waals surface area (Å²) < 4.78 is 34.2. The first-order valence-electron chi connectivity index (χ1n) is 12.4. The van der Waals surface area contributed by atoms with Gasteiger partial charge < -0.3 is 4.74 Å². The standard InChI is InChI=1S/C31H29NO4S/c1-3-36-31(33)30-20-25-18-28(23-10-6-4-7-11-23)29(24-12-8-5-9-13-24)19-26(25)21-32(30)37(34,35)27-16-14-22(2)15-17-27/h4-19,30H,3,20-21H2,1-2H3. The van der Waals surface area contributed by atoms with Gasteiger partial charge in [-0.25, -0.2) is 8.42 Å². The maximum absolute atomic E-state index is 13.8. The number of hydrogen-bond acceptors (Lipinski definition) is 4. The first-order valence-corrected chi connectivity index (χ1v) is 13.8. The quantitative estimate of drug-likeness (QED) is 0.298. The van der Waals surface area contributed by atoms with Crippen molar-refractivity contribution in [3.63, 3.8) is 0 Å². The predicted molar refractivity (Wildman–Crippen MR) is 145 cm³/mol. The van der Waals surface area contributed by atoms with E-state index in [0.29, 0.717) is 0 Å². The fraction of sp³-hybridized carbons (Fsp3) is 0.194. The average Bonchev–Trinajstić information content (AvgIpc) is 2.93. The van der Waals surface area contributed by atoms with Crippen LogP contribution in [0.15, 0.2) is 102 Å². The lowest BCUT2D eigenvalue weighted by atomic mass is 9.86. The van der Waals surface area contributed by atoms with Crippen LogP contribution in [0.4, 0.5) is 0 Å². The van der Waals surface area contributed by atoms with Crippen molar-refractivity contribution in [2.75, 3.05) is 6.61 Å². The summed E-state index contributed by atoms with van der Waals surface area (Å²) in [4.78, 5) is 13.2. The number of esters is 1. The van der Waals surface area contributed by atoms with Gasteiger partial charge in [-0.05, 0) is 65.4 Å². The van der Waals surface area contributed by atoms with Crippen LogP contribution in [0.25, 0.3) is 22.3 Å². The Balaban J connectivity index is 1.66. The molecule has 5 rings (SSSR count). The number of fused-ring (bicyclic) bond motifs is 1. The molecule has 1 unspecified atom stereocenters. The Morgan fingerprint density at radius 3 is 1.92 bits per heavy atom. The van der Waals surface area contributed by atoms with Crippen LogP contribution in [0.3, 0.4) is 0 Å². The van der Waals surface area contributed by atoms with E-state index in [1.807, 2.05) is 43.3 Å². The van der Waals surface area contributed by atoms with Gasteiger partial charge in [-0.15, -0.1) is 0 Å². The van der Waals surface area contributed by atoms with Crippen molar-refractivity contribution in [1.29, 1.82) is 0 Å². The van der Waals surface area contributed by atoms with E-state index < -0.39 is 22.0 Å². The van der Waals surface area contributed by atoms with E-state index in [9.17, 15) is 13.2 Å². The van der Waals surface area contributed by atoms with E-state index in [2.05, 4.69) is 36.4 Å². The van der Waals surface area contributed by atoms with Crippen LogP contribution in [-0.2, 0) is 32.5 Å². The summed E-state index contributed by atoms with van der Waals surface area (Å²) in [7, 11) is -3.94. The van der Waals surface area contributed by atoms with Crippen molar-refractivity contribution >= 4 is 16.0 Å².